The van der Waals surface area contributed by atoms with Gasteiger partial charge in [-0.3, -0.25) is 14.3 Å². The van der Waals surface area contributed by atoms with Gasteiger partial charge in [0.05, 0.1) is 18.7 Å². The van der Waals surface area contributed by atoms with Crippen molar-refractivity contribution in [1.29, 1.82) is 0 Å². The Bertz CT molecular complexity index is 1330. The fraction of sp³-hybridized carbons (Fsp3) is 0.207. The maximum absolute atomic E-state index is 13.2. The summed E-state index contributed by atoms with van der Waals surface area (Å²) >= 11 is 0. The summed E-state index contributed by atoms with van der Waals surface area (Å²) in [6.07, 6.45) is 1.74. The molecule has 0 fully saturated rings. The summed E-state index contributed by atoms with van der Waals surface area (Å²) in [5.41, 5.74) is 8.00. The van der Waals surface area contributed by atoms with Gasteiger partial charge in [-0.2, -0.15) is 5.10 Å². The van der Waals surface area contributed by atoms with E-state index < -0.39 is 0 Å². The lowest BCUT2D eigenvalue weighted by molar-refractivity contribution is -0.115. The molecule has 0 saturated carbocycles. The van der Waals surface area contributed by atoms with Crippen LogP contribution in [0.25, 0.3) is 11.3 Å². The molecule has 0 bridgehead atoms. The maximum Gasteiger partial charge on any atom is 0.255 e. The zero-order valence-corrected chi connectivity index (χ0v) is 20.6. The highest BCUT2D eigenvalue weighted by molar-refractivity contribution is 6.03. The minimum absolute atomic E-state index is 0.136. The van der Waals surface area contributed by atoms with E-state index in [1.807, 2.05) is 70.2 Å². The third kappa shape index (κ3) is 5.84. The Morgan fingerprint density at radius 3 is 2.06 bits per heavy atom. The average molecular weight is 467 g/mol. The highest BCUT2D eigenvalue weighted by Crippen LogP contribution is 2.23. The summed E-state index contributed by atoms with van der Waals surface area (Å²) in [4.78, 5) is 25.7. The number of amides is 2. The van der Waals surface area contributed by atoms with E-state index in [0.29, 0.717) is 17.8 Å². The van der Waals surface area contributed by atoms with Gasteiger partial charge in [-0.15, -0.1) is 0 Å². The number of hydrogen-bond acceptors (Lipinski definition) is 3. The third-order valence-electron chi connectivity index (χ3n) is 5.95. The smallest absolute Gasteiger partial charge is 0.255 e. The van der Waals surface area contributed by atoms with Gasteiger partial charge in [-0.25, -0.2) is 0 Å². The topological polar surface area (TPSA) is 76.0 Å². The van der Waals surface area contributed by atoms with Gasteiger partial charge in [0, 0.05) is 17.4 Å². The zero-order valence-electron chi connectivity index (χ0n) is 20.6. The van der Waals surface area contributed by atoms with Crippen molar-refractivity contribution in [2.75, 3.05) is 11.9 Å². The zero-order chi connectivity index (χ0) is 24.9. The Morgan fingerprint density at radius 1 is 0.829 bits per heavy atom. The molecule has 0 aliphatic rings. The number of benzene rings is 3. The van der Waals surface area contributed by atoms with Gasteiger partial charge >= 0.3 is 0 Å². The second-order valence-corrected chi connectivity index (χ2v) is 8.94. The van der Waals surface area contributed by atoms with Crippen LogP contribution in [0.5, 0.6) is 0 Å². The van der Waals surface area contributed by atoms with Crippen LogP contribution in [0, 0.1) is 27.7 Å². The summed E-state index contributed by atoms with van der Waals surface area (Å²) in [5, 5.41) is 10.4. The van der Waals surface area contributed by atoms with E-state index >= 15 is 0 Å². The summed E-state index contributed by atoms with van der Waals surface area (Å²) in [7, 11) is 0. The summed E-state index contributed by atoms with van der Waals surface area (Å²) in [5.74, 6) is -0.618. The second kappa shape index (κ2) is 10.4. The summed E-state index contributed by atoms with van der Waals surface area (Å²) < 4.78 is 1.77. The number of hydrogen-bond donors (Lipinski definition) is 2. The minimum atomic E-state index is -0.340. The largest absolute Gasteiger partial charge is 0.343 e. The molecule has 2 N–H and O–H groups in total. The summed E-state index contributed by atoms with van der Waals surface area (Å²) in [6.45, 7) is 8.35. The number of carbonyl (C=O) groups is 2. The summed E-state index contributed by atoms with van der Waals surface area (Å²) in [6, 6.07) is 22.0. The van der Waals surface area contributed by atoms with Gasteiger partial charge in [0.1, 0.15) is 5.69 Å². The maximum atomic E-state index is 13.2. The predicted molar refractivity (Wildman–Crippen MR) is 140 cm³/mol. The van der Waals surface area contributed by atoms with E-state index in [9.17, 15) is 9.59 Å². The molecule has 3 aromatic carbocycles. The van der Waals surface area contributed by atoms with E-state index in [1.54, 1.807) is 10.9 Å². The van der Waals surface area contributed by atoms with Crippen LogP contribution in [0.1, 0.15) is 38.2 Å². The first-order valence-electron chi connectivity index (χ1n) is 11.6. The second-order valence-electron chi connectivity index (χ2n) is 8.94. The lowest BCUT2D eigenvalue weighted by Crippen LogP contribution is -2.33. The molecule has 0 saturated heterocycles. The Kier molecular flexibility index (Phi) is 7.11. The van der Waals surface area contributed by atoms with Crippen LogP contribution < -0.4 is 10.6 Å². The molecule has 6 heteroatoms. The fourth-order valence-electron chi connectivity index (χ4n) is 3.92. The normalized spacial score (nSPS) is 10.7. The van der Waals surface area contributed by atoms with Crippen molar-refractivity contribution in [1.82, 2.24) is 15.1 Å². The third-order valence-corrected chi connectivity index (χ3v) is 5.95. The van der Waals surface area contributed by atoms with Gasteiger partial charge in [0.25, 0.3) is 5.91 Å². The van der Waals surface area contributed by atoms with Gasteiger partial charge in [-0.05, 0) is 44.4 Å². The highest BCUT2D eigenvalue weighted by atomic mass is 16.2. The molecule has 0 aliphatic heterocycles. The molecular formula is C29H30N4O2. The molecule has 2 amide bonds. The number of anilines is 1. The first kappa shape index (κ1) is 24.0. The van der Waals surface area contributed by atoms with Gasteiger partial charge in [0.2, 0.25) is 5.91 Å². The first-order valence-corrected chi connectivity index (χ1v) is 11.6. The van der Waals surface area contributed by atoms with Crippen molar-refractivity contribution < 1.29 is 9.59 Å². The standard InChI is InChI=1S/C29H30N4O2/c1-19-8-12-23(13-9-19)17-33-18-25(28(32-33)24-14-10-20(2)11-15-24)29(35)30-16-26(34)31-27-21(3)6-5-7-22(27)4/h5-15,18H,16-17H2,1-4H3,(H,30,35)(H,31,34). The van der Waals surface area contributed by atoms with Crippen molar-refractivity contribution in [2.45, 2.75) is 34.2 Å². The number of nitrogens with zero attached hydrogens (tertiary/aromatic N) is 2. The number of para-hydroxylation sites is 1. The average Bonchev–Trinajstić information content (AvgIpc) is 3.26. The van der Waals surface area contributed by atoms with E-state index in [0.717, 1.165) is 33.5 Å². The van der Waals surface area contributed by atoms with Crippen LogP contribution >= 0.6 is 0 Å². The SMILES string of the molecule is Cc1ccc(Cn2cc(C(=O)NCC(=O)Nc3c(C)cccc3C)c(-c3ccc(C)cc3)n2)cc1. The number of rotatable bonds is 7. The Labute approximate surface area is 206 Å². The molecule has 35 heavy (non-hydrogen) atoms. The van der Waals surface area contributed by atoms with E-state index in [1.165, 1.54) is 5.56 Å². The molecule has 0 spiro atoms. The van der Waals surface area contributed by atoms with Crippen molar-refractivity contribution in [3.8, 4) is 11.3 Å². The van der Waals surface area contributed by atoms with Crippen molar-refractivity contribution in [2.24, 2.45) is 0 Å². The van der Waals surface area contributed by atoms with Crippen LogP contribution in [-0.4, -0.2) is 28.1 Å². The molecule has 178 valence electrons. The number of aryl methyl sites for hydroxylation is 4. The molecule has 6 nitrogen and oxygen atoms in total. The van der Waals surface area contributed by atoms with E-state index in [2.05, 4.69) is 34.9 Å². The predicted octanol–water partition coefficient (Wildman–Crippen LogP) is 5.20. The van der Waals surface area contributed by atoms with Crippen molar-refractivity contribution >= 4 is 17.5 Å². The number of nitrogens with one attached hydrogen (secondary N) is 2. The molecule has 1 aromatic heterocycles. The van der Waals surface area contributed by atoms with Gasteiger partial charge in [-0.1, -0.05) is 77.9 Å². The quantitative estimate of drug-likeness (QED) is 0.393. The van der Waals surface area contributed by atoms with E-state index in [4.69, 9.17) is 5.10 Å². The molecule has 1 heterocycles. The molecule has 4 aromatic rings. The Morgan fingerprint density at radius 2 is 1.43 bits per heavy atom. The molecule has 0 atom stereocenters. The number of carbonyl (C=O) groups excluding carboxylic acids is 2. The lowest BCUT2D eigenvalue weighted by atomic mass is 10.1. The lowest BCUT2D eigenvalue weighted by Gasteiger charge is -2.12. The van der Waals surface area contributed by atoms with Crippen LogP contribution in [0.4, 0.5) is 5.69 Å². The fourth-order valence-corrected chi connectivity index (χ4v) is 3.92. The van der Waals surface area contributed by atoms with Gasteiger partial charge < -0.3 is 10.6 Å². The first-order chi connectivity index (χ1) is 16.8. The monoisotopic (exact) mass is 466 g/mol. The Hall–Kier alpha value is -4.19. The van der Waals surface area contributed by atoms with Crippen LogP contribution in [0.3, 0.4) is 0 Å². The molecular weight excluding hydrogens is 436 g/mol. The van der Waals surface area contributed by atoms with Crippen molar-refractivity contribution in [3.05, 3.63) is 106 Å². The molecule has 0 aliphatic carbocycles. The number of aromatic nitrogens is 2. The molecule has 4 rings (SSSR count). The van der Waals surface area contributed by atoms with Crippen molar-refractivity contribution in [3.63, 3.8) is 0 Å². The molecule has 0 radical (unpaired) electrons. The van der Waals surface area contributed by atoms with Crippen LogP contribution in [-0.2, 0) is 11.3 Å². The van der Waals surface area contributed by atoms with Crippen LogP contribution in [0.2, 0.25) is 0 Å². The van der Waals surface area contributed by atoms with E-state index in [-0.39, 0.29) is 18.4 Å². The Balaban J connectivity index is 1.53. The molecule has 0 unspecified atom stereocenters. The minimum Gasteiger partial charge on any atom is -0.343 e. The van der Waals surface area contributed by atoms with Gasteiger partial charge in [0.15, 0.2) is 0 Å². The van der Waals surface area contributed by atoms with Crippen LogP contribution in [0.15, 0.2) is 72.9 Å². The highest BCUT2D eigenvalue weighted by Gasteiger charge is 2.19.